The van der Waals surface area contributed by atoms with Gasteiger partial charge in [-0.25, -0.2) is 19.3 Å². The second-order valence-corrected chi connectivity index (χ2v) is 18.1. The van der Waals surface area contributed by atoms with Crippen LogP contribution in [0.4, 0.5) is 11.8 Å². The third-order valence-corrected chi connectivity index (χ3v) is 10.7. The van der Waals surface area contributed by atoms with E-state index in [0.29, 0.717) is 71.6 Å². The molecule has 0 aliphatic carbocycles. The van der Waals surface area contributed by atoms with Crippen molar-refractivity contribution in [2.75, 3.05) is 32.8 Å². The van der Waals surface area contributed by atoms with Crippen LogP contribution in [0.1, 0.15) is 128 Å². The zero-order valence-corrected chi connectivity index (χ0v) is 37.0. The number of hydrogen-bond acceptors (Lipinski definition) is 10. The van der Waals surface area contributed by atoms with E-state index >= 15 is 0 Å². The van der Waals surface area contributed by atoms with Crippen molar-refractivity contribution >= 4 is 44.0 Å². The summed E-state index contributed by atoms with van der Waals surface area (Å²) in [5, 5.41) is 14.9. The molecule has 13 nitrogen and oxygen atoms in total. The molecule has 4 atom stereocenters. The maximum Gasteiger partial charge on any atom is 0.259 e. The average molecular weight is 781 g/mol. The Labute approximate surface area is 333 Å². The Bertz CT molecular complexity index is 1610. The van der Waals surface area contributed by atoms with Crippen molar-refractivity contribution in [1.29, 1.82) is 5.26 Å². The highest BCUT2D eigenvalue weighted by molar-refractivity contribution is 7.44. The minimum Gasteiger partial charge on any atom is -0.362 e. The van der Waals surface area contributed by atoms with Gasteiger partial charge in [-0.15, -0.1) is 0 Å². The molecule has 1 saturated heterocycles. The second-order valence-electron chi connectivity index (χ2n) is 16.7. The molecule has 0 spiro atoms. The molecule has 0 N–H and O–H groups in total. The zero-order chi connectivity index (χ0) is 40.8. The first kappa shape index (κ1) is 46.2. The lowest BCUT2D eigenvalue weighted by molar-refractivity contribution is -0.0216. The molecule has 14 heteroatoms. The van der Waals surface area contributed by atoms with E-state index in [1.165, 1.54) is 0 Å². The number of hydrogen-bond donors (Lipinski definition) is 0. The van der Waals surface area contributed by atoms with Crippen LogP contribution in [0.2, 0.25) is 0 Å². The quantitative estimate of drug-likeness (QED) is 0.0375. The number of aromatic nitrogens is 4. The monoisotopic (exact) mass is 781 g/mol. The number of nitriles is 1. The molecule has 0 saturated carbocycles. The molecule has 1 aliphatic rings. The molecule has 1 aliphatic heterocycles. The van der Waals surface area contributed by atoms with E-state index in [2.05, 4.69) is 122 Å². The lowest BCUT2D eigenvalue weighted by Crippen LogP contribution is -2.35. The van der Waals surface area contributed by atoms with E-state index in [-0.39, 0.29) is 24.3 Å². The van der Waals surface area contributed by atoms with Crippen LogP contribution >= 0.6 is 8.53 Å². The number of aliphatic imine (C=N–C) groups is 2. The Morgan fingerprint density at radius 3 is 1.95 bits per heavy atom. The zero-order valence-electron chi connectivity index (χ0n) is 36.2. The minimum absolute atomic E-state index is 0.181. The Balaban J connectivity index is 2.19. The fourth-order valence-corrected chi connectivity index (χ4v) is 8.54. The van der Waals surface area contributed by atoms with Crippen molar-refractivity contribution in [2.24, 2.45) is 33.7 Å². The molecule has 0 aromatic carbocycles. The fraction of sp³-hybridized carbons (Fsp3) is 0.756. The highest BCUT2D eigenvalue weighted by atomic mass is 31.2. The first-order valence-electron chi connectivity index (χ1n) is 20.3. The highest BCUT2D eigenvalue weighted by Crippen LogP contribution is 2.50. The number of rotatable bonds is 22. The average Bonchev–Trinajstić information content (AvgIpc) is 3.65. The van der Waals surface area contributed by atoms with Crippen LogP contribution in [0.15, 0.2) is 9.98 Å². The van der Waals surface area contributed by atoms with Crippen molar-refractivity contribution in [1.82, 2.24) is 34.2 Å². The topological polar surface area (TPSA) is 130 Å². The molecular weight excluding hydrogens is 711 g/mol. The summed E-state index contributed by atoms with van der Waals surface area (Å²) >= 11 is 0. The van der Waals surface area contributed by atoms with Crippen molar-refractivity contribution in [3.63, 3.8) is 0 Å². The molecule has 3 heterocycles. The van der Waals surface area contributed by atoms with Crippen molar-refractivity contribution in [2.45, 2.75) is 147 Å². The predicted octanol–water partition coefficient (Wildman–Crippen LogP) is 9.10. The van der Waals surface area contributed by atoms with Gasteiger partial charge in [0.05, 0.1) is 44.0 Å². The smallest absolute Gasteiger partial charge is 0.259 e. The first-order valence-corrected chi connectivity index (χ1v) is 21.4. The van der Waals surface area contributed by atoms with Gasteiger partial charge in [0.2, 0.25) is 0 Å². The van der Waals surface area contributed by atoms with E-state index in [0.717, 1.165) is 32.6 Å². The maximum atomic E-state index is 9.24. The minimum atomic E-state index is -1.46. The maximum absolute atomic E-state index is 9.24. The molecule has 0 bridgehead atoms. The Kier molecular flexibility index (Phi) is 18.9. The van der Waals surface area contributed by atoms with Crippen molar-refractivity contribution < 1.29 is 13.8 Å². The molecular formula is C41H69N10O3P. The molecule has 3 rings (SSSR count). The van der Waals surface area contributed by atoms with E-state index in [1.54, 1.807) is 6.92 Å². The summed E-state index contributed by atoms with van der Waals surface area (Å²) in [6, 6.07) is 2.55. The summed E-state index contributed by atoms with van der Waals surface area (Å²) in [7, 11) is -1.46. The van der Waals surface area contributed by atoms with Crippen LogP contribution in [0.3, 0.4) is 0 Å². The van der Waals surface area contributed by atoms with Crippen molar-refractivity contribution in [3.8, 4) is 17.9 Å². The van der Waals surface area contributed by atoms with Crippen LogP contribution < -0.4 is 0 Å². The Morgan fingerprint density at radius 1 is 0.891 bits per heavy atom. The van der Waals surface area contributed by atoms with Crippen LogP contribution in [-0.4, -0.2) is 104 Å². The van der Waals surface area contributed by atoms with Gasteiger partial charge >= 0.3 is 0 Å². The normalized spacial score (nSPS) is 18.4. The second kappa shape index (κ2) is 22.5. The molecule has 2 aromatic rings. The number of ether oxygens (including phenoxy) is 1. The number of fused-ring (bicyclic) bond motifs is 1. The third kappa shape index (κ3) is 14.1. The van der Waals surface area contributed by atoms with Gasteiger partial charge in [-0.05, 0) is 70.6 Å². The molecule has 4 unspecified atom stereocenters. The predicted molar refractivity (Wildman–Crippen MR) is 226 cm³/mol. The third-order valence-electron chi connectivity index (χ3n) is 8.59. The lowest BCUT2D eigenvalue weighted by Gasteiger charge is -2.37. The summed E-state index contributed by atoms with van der Waals surface area (Å²) in [6.45, 7) is 33.9. The van der Waals surface area contributed by atoms with Gasteiger partial charge in [0.1, 0.15) is 11.1 Å². The molecule has 55 heavy (non-hydrogen) atoms. The SMILES string of the molecule is CC#Cc1nn(C2CC(OP(OCCC#N)N(C(C)C)C(C)C)C(CC)O2)c2nc(/N=C/N(CC(C)C)CC(C)C)nc(/N=C/N(CC(C)C)CC(C)C)c12. The van der Waals surface area contributed by atoms with Crippen LogP contribution in [0.25, 0.3) is 11.0 Å². The van der Waals surface area contributed by atoms with Gasteiger partial charge in [0, 0.05) is 44.7 Å². The van der Waals surface area contributed by atoms with E-state index in [9.17, 15) is 5.26 Å². The molecule has 306 valence electrons. The first-order chi connectivity index (χ1) is 26.1. The summed E-state index contributed by atoms with van der Waals surface area (Å²) in [5.74, 6) is 8.85. The Hall–Kier alpha value is -3.19. The van der Waals surface area contributed by atoms with E-state index < -0.39 is 14.8 Å². The van der Waals surface area contributed by atoms with Gasteiger partial charge in [-0.3, -0.25) is 0 Å². The van der Waals surface area contributed by atoms with Crippen molar-refractivity contribution in [3.05, 3.63) is 5.69 Å². The van der Waals surface area contributed by atoms with Gasteiger partial charge in [-0.2, -0.15) is 20.3 Å². The lowest BCUT2D eigenvalue weighted by atomic mass is 10.1. The summed E-state index contributed by atoms with van der Waals surface area (Å²) < 4.78 is 23.9. The van der Waals surface area contributed by atoms with E-state index in [1.807, 2.05) is 17.4 Å². The summed E-state index contributed by atoms with van der Waals surface area (Å²) in [5.41, 5.74) is 1.10. The van der Waals surface area contributed by atoms with Crippen LogP contribution in [-0.2, 0) is 13.8 Å². The Morgan fingerprint density at radius 2 is 1.45 bits per heavy atom. The van der Waals surface area contributed by atoms with Gasteiger partial charge in [0.15, 0.2) is 17.7 Å². The molecule has 0 radical (unpaired) electrons. The van der Waals surface area contributed by atoms with Crippen LogP contribution in [0, 0.1) is 46.8 Å². The van der Waals surface area contributed by atoms with Gasteiger partial charge in [0.25, 0.3) is 14.5 Å². The highest BCUT2D eigenvalue weighted by Gasteiger charge is 2.41. The summed E-state index contributed by atoms with van der Waals surface area (Å²) in [6.07, 6.45) is 4.32. The standard InChI is InChI=1S/C41H69N10O3P/c1-15-18-34-38-39(43-26-48(22-28(3)4)23-29(5)6)45-41(44-27-49(24-30(7)8)25-31(9)10)46-40(38)50(47-34)37-21-36(35(16-2)53-37)54-55(52-20-17-19-42)51(32(11)12)33(13)14/h26-33,35-37H,16-17,20-25H2,1-14H3/b43-26+,44-27+. The molecule has 2 aromatic heterocycles. The number of nitrogens with zero attached hydrogens (tertiary/aromatic N) is 10. The fourth-order valence-electron chi connectivity index (χ4n) is 6.78. The van der Waals surface area contributed by atoms with Crippen LogP contribution in [0.5, 0.6) is 0 Å². The molecule has 0 amide bonds. The summed E-state index contributed by atoms with van der Waals surface area (Å²) in [4.78, 5) is 24.3. The van der Waals surface area contributed by atoms with Gasteiger partial charge < -0.3 is 23.6 Å². The molecule has 1 fully saturated rings. The largest absolute Gasteiger partial charge is 0.362 e. The van der Waals surface area contributed by atoms with E-state index in [4.69, 9.17) is 38.8 Å². The van der Waals surface area contributed by atoms with Gasteiger partial charge in [-0.1, -0.05) is 68.2 Å².